The Hall–Kier alpha value is -1.90. The fourth-order valence-corrected chi connectivity index (χ4v) is 4.77. The van der Waals surface area contributed by atoms with Crippen LogP contribution in [0.25, 0.3) is 0 Å². The monoisotopic (exact) mass is 392 g/mol. The summed E-state index contributed by atoms with van der Waals surface area (Å²) in [6, 6.07) is 6.57. The van der Waals surface area contributed by atoms with E-state index in [-0.39, 0.29) is 0 Å². The smallest absolute Gasteiger partial charge is 0.243 e. The van der Waals surface area contributed by atoms with E-state index in [2.05, 4.69) is 28.3 Å². The topological polar surface area (TPSA) is 67.7 Å². The molecule has 1 aromatic heterocycles. The number of methoxy groups -OCH3 is 1. The molecule has 1 aliphatic heterocycles. The van der Waals surface area contributed by atoms with Gasteiger partial charge in [-0.3, -0.25) is 4.90 Å². The number of imidazole rings is 1. The van der Waals surface area contributed by atoms with Crippen LogP contribution in [0.4, 0.5) is 0 Å². The van der Waals surface area contributed by atoms with Gasteiger partial charge in [-0.25, -0.2) is 13.4 Å². The van der Waals surface area contributed by atoms with Crippen molar-refractivity contribution in [2.75, 3.05) is 39.8 Å². The maximum atomic E-state index is 12.8. The molecule has 1 aromatic carbocycles. The summed E-state index contributed by atoms with van der Waals surface area (Å²) in [6.45, 7) is 8.54. The Balaban J connectivity index is 1.55. The summed E-state index contributed by atoms with van der Waals surface area (Å²) < 4.78 is 34.5. The molecule has 3 rings (SSSR count). The number of aromatic nitrogens is 2. The molecule has 0 unspecified atom stereocenters. The Morgan fingerprint density at radius 3 is 2.33 bits per heavy atom. The van der Waals surface area contributed by atoms with Crippen LogP contribution in [0.15, 0.2) is 41.6 Å². The van der Waals surface area contributed by atoms with Gasteiger partial charge in [-0.05, 0) is 24.3 Å². The molecule has 0 N–H and O–H groups in total. The normalized spacial score (nSPS) is 16.7. The molecule has 1 aliphatic rings. The minimum atomic E-state index is -3.45. The Kier molecular flexibility index (Phi) is 6.18. The number of sulfonamides is 1. The van der Waals surface area contributed by atoms with Crippen LogP contribution >= 0.6 is 0 Å². The van der Waals surface area contributed by atoms with Gasteiger partial charge in [0, 0.05) is 57.6 Å². The van der Waals surface area contributed by atoms with Crippen molar-refractivity contribution in [1.82, 2.24) is 18.8 Å². The maximum absolute atomic E-state index is 12.8. The molecule has 0 amide bonds. The highest BCUT2D eigenvalue weighted by Crippen LogP contribution is 2.20. The van der Waals surface area contributed by atoms with Gasteiger partial charge in [0.2, 0.25) is 10.0 Å². The minimum Gasteiger partial charge on any atom is -0.497 e. The third-order valence-electron chi connectivity index (χ3n) is 4.95. The van der Waals surface area contributed by atoms with Crippen molar-refractivity contribution in [3.63, 3.8) is 0 Å². The highest BCUT2D eigenvalue weighted by atomic mass is 32.2. The summed E-state index contributed by atoms with van der Waals surface area (Å²) in [5.74, 6) is 2.14. The lowest BCUT2D eigenvalue weighted by Crippen LogP contribution is -2.49. The standard InChI is InChI=1S/C19H28N4O3S/c1-16(2)19-20-8-9-22(19)13-10-21-11-14-23(15-12-21)27(24,25)18-6-4-17(26-3)5-7-18/h4-9,16H,10-15H2,1-3H3. The van der Waals surface area contributed by atoms with Crippen molar-refractivity contribution >= 4 is 10.0 Å². The second kappa shape index (κ2) is 8.41. The van der Waals surface area contributed by atoms with Crippen LogP contribution in [0.3, 0.4) is 0 Å². The Morgan fingerprint density at radius 2 is 1.74 bits per heavy atom. The third kappa shape index (κ3) is 4.51. The highest BCUT2D eigenvalue weighted by Gasteiger charge is 2.28. The van der Waals surface area contributed by atoms with Crippen molar-refractivity contribution in [3.8, 4) is 5.75 Å². The number of nitrogens with zero attached hydrogens (tertiary/aromatic N) is 4. The van der Waals surface area contributed by atoms with Gasteiger partial charge in [0.15, 0.2) is 0 Å². The van der Waals surface area contributed by atoms with Crippen molar-refractivity contribution in [1.29, 1.82) is 0 Å². The van der Waals surface area contributed by atoms with Crippen molar-refractivity contribution in [2.45, 2.75) is 31.2 Å². The number of hydrogen-bond donors (Lipinski definition) is 0. The zero-order valence-electron chi connectivity index (χ0n) is 16.2. The van der Waals surface area contributed by atoms with Crippen LogP contribution in [-0.2, 0) is 16.6 Å². The van der Waals surface area contributed by atoms with Gasteiger partial charge in [-0.2, -0.15) is 4.31 Å². The fraction of sp³-hybridized carbons (Fsp3) is 0.526. The van der Waals surface area contributed by atoms with Crippen LogP contribution in [-0.4, -0.2) is 67.0 Å². The lowest BCUT2D eigenvalue weighted by atomic mass is 10.2. The summed E-state index contributed by atoms with van der Waals surface area (Å²) in [5.41, 5.74) is 0. The lowest BCUT2D eigenvalue weighted by Gasteiger charge is -2.34. The van der Waals surface area contributed by atoms with Crippen molar-refractivity contribution in [2.24, 2.45) is 0 Å². The first-order valence-electron chi connectivity index (χ1n) is 9.29. The second-order valence-corrected chi connectivity index (χ2v) is 8.99. The maximum Gasteiger partial charge on any atom is 0.243 e. The van der Waals surface area contributed by atoms with E-state index < -0.39 is 10.0 Å². The van der Waals surface area contributed by atoms with Crippen LogP contribution < -0.4 is 4.74 Å². The van der Waals surface area contributed by atoms with Crippen LogP contribution in [0.2, 0.25) is 0 Å². The molecule has 7 nitrogen and oxygen atoms in total. The van der Waals surface area contributed by atoms with Crippen molar-refractivity contribution < 1.29 is 13.2 Å². The summed E-state index contributed by atoms with van der Waals surface area (Å²) in [4.78, 5) is 7.04. The van der Waals surface area contributed by atoms with Gasteiger partial charge in [0.1, 0.15) is 11.6 Å². The third-order valence-corrected chi connectivity index (χ3v) is 6.86. The second-order valence-electron chi connectivity index (χ2n) is 7.05. The van der Waals surface area contributed by atoms with Gasteiger partial charge in [-0.1, -0.05) is 13.8 Å². The highest BCUT2D eigenvalue weighted by molar-refractivity contribution is 7.89. The van der Waals surface area contributed by atoms with E-state index in [1.54, 1.807) is 35.7 Å². The molecule has 0 saturated carbocycles. The van der Waals surface area contributed by atoms with E-state index in [0.29, 0.717) is 29.7 Å². The SMILES string of the molecule is COc1ccc(S(=O)(=O)N2CCN(CCn3ccnc3C(C)C)CC2)cc1. The number of benzene rings is 1. The van der Waals surface area contributed by atoms with E-state index >= 15 is 0 Å². The first-order chi connectivity index (χ1) is 12.9. The average molecular weight is 393 g/mol. The number of piperazine rings is 1. The number of hydrogen-bond acceptors (Lipinski definition) is 5. The molecule has 2 heterocycles. The molecule has 0 atom stereocenters. The van der Waals surface area contributed by atoms with Gasteiger partial charge in [-0.15, -0.1) is 0 Å². The summed E-state index contributed by atoms with van der Waals surface area (Å²) in [7, 11) is -1.88. The summed E-state index contributed by atoms with van der Waals surface area (Å²) in [5, 5.41) is 0. The molecule has 0 radical (unpaired) electrons. The molecule has 0 bridgehead atoms. The molecule has 27 heavy (non-hydrogen) atoms. The summed E-state index contributed by atoms with van der Waals surface area (Å²) >= 11 is 0. The first-order valence-corrected chi connectivity index (χ1v) is 10.7. The Labute approximate surface area is 161 Å². The number of rotatable bonds is 7. The van der Waals surface area contributed by atoms with E-state index in [1.165, 1.54) is 0 Å². The largest absolute Gasteiger partial charge is 0.497 e. The lowest BCUT2D eigenvalue weighted by molar-refractivity contribution is 0.182. The molecule has 0 spiro atoms. The van der Waals surface area contributed by atoms with Gasteiger partial charge in [0.25, 0.3) is 0 Å². The molecule has 0 aliphatic carbocycles. The fourth-order valence-electron chi connectivity index (χ4n) is 3.35. The quantitative estimate of drug-likeness (QED) is 0.721. The van der Waals surface area contributed by atoms with Crippen LogP contribution in [0.5, 0.6) is 5.75 Å². The van der Waals surface area contributed by atoms with Gasteiger partial charge >= 0.3 is 0 Å². The molecular weight excluding hydrogens is 364 g/mol. The molecule has 148 valence electrons. The van der Waals surface area contributed by atoms with Crippen LogP contribution in [0.1, 0.15) is 25.6 Å². The van der Waals surface area contributed by atoms with E-state index in [1.807, 2.05) is 12.4 Å². The predicted octanol–water partition coefficient (Wildman–Crippen LogP) is 2.02. The number of ether oxygens (including phenoxy) is 1. The van der Waals surface area contributed by atoms with Gasteiger partial charge in [0.05, 0.1) is 12.0 Å². The summed E-state index contributed by atoms with van der Waals surface area (Å²) in [6.07, 6.45) is 3.86. The Morgan fingerprint density at radius 1 is 1.07 bits per heavy atom. The average Bonchev–Trinajstić information content (AvgIpc) is 3.16. The van der Waals surface area contributed by atoms with E-state index in [9.17, 15) is 8.42 Å². The molecule has 8 heteroatoms. The molecule has 1 fully saturated rings. The molecular formula is C19H28N4O3S. The first kappa shape index (κ1) is 19.9. The zero-order chi connectivity index (χ0) is 19.4. The minimum absolute atomic E-state index is 0.316. The van der Waals surface area contributed by atoms with Gasteiger partial charge < -0.3 is 9.30 Å². The van der Waals surface area contributed by atoms with Crippen molar-refractivity contribution in [3.05, 3.63) is 42.5 Å². The molecule has 2 aromatic rings. The zero-order valence-corrected chi connectivity index (χ0v) is 17.0. The van der Waals surface area contributed by atoms with Crippen LogP contribution in [0, 0.1) is 0 Å². The predicted molar refractivity (Wildman–Crippen MR) is 105 cm³/mol. The Bertz CT molecular complexity index is 838. The van der Waals surface area contributed by atoms with E-state index in [0.717, 1.165) is 32.0 Å². The van der Waals surface area contributed by atoms with E-state index in [4.69, 9.17) is 4.74 Å². The molecule has 1 saturated heterocycles.